The van der Waals surface area contributed by atoms with E-state index in [1.807, 2.05) is 0 Å². The summed E-state index contributed by atoms with van der Waals surface area (Å²) >= 11 is 0. The zero-order valence-corrected chi connectivity index (χ0v) is 5.81. The number of H-pyrrole nitrogens is 1. The van der Waals surface area contributed by atoms with Gasteiger partial charge < -0.3 is 15.2 Å². The summed E-state index contributed by atoms with van der Waals surface area (Å²) in [4.78, 5) is 9.49. The first-order valence-corrected chi connectivity index (χ1v) is 2.99. The molecule has 6 heteroatoms. The first kappa shape index (κ1) is 7.67. The van der Waals surface area contributed by atoms with E-state index in [1.165, 1.54) is 13.0 Å². The molecule has 6 nitrogen and oxygen atoms in total. The molecule has 0 radical (unpaired) electrons. The van der Waals surface area contributed by atoms with Crippen molar-refractivity contribution in [3.63, 3.8) is 0 Å². The maximum atomic E-state index is 10.1. The lowest BCUT2D eigenvalue weighted by Crippen LogP contribution is -1.89. The summed E-state index contributed by atoms with van der Waals surface area (Å²) in [5, 5.41) is 24.7. The number of hydrogen-bond acceptors (Lipinski definition) is 4. The SMILES string of the molecule is C[C@H](O)c1cc([N+](=O)[O-])[nH]n1. The molecule has 0 fully saturated rings. The predicted molar refractivity (Wildman–Crippen MR) is 35.9 cm³/mol. The van der Waals surface area contributed by atoms with Crippen LogP contribution in [-0.2, 0) is 0 Å². The third kappa shape index (κ3) is 1.53. The predicted octanol–water partition coefficient (Wildman–Crippen LogP) is 0.371. The van der Waals surface area contributed by atoms with E-state index in [9.17, 15) is 10.1 Å². The summed E-state index contributed by atoms with van der Waals surface area (Å²) in [6, 6.07) is 1.20. The van der Waals surface area contributed by atoms with Crippen LogP contribution >= 0.6 is 0 Å². The van der Waals surface area contributed by atoms with Gasteiger partial charge in [0.25, 0.3) is 0 Å². The van der Waals surface area contributed by atoms with Gasteiger partial charge in [-0.25, -0.2) is 0 Å². The molecule has 60 valence electrons. The molecular weight excluding hydrogens is 150 g/mol. The van der Waals surface area contributed by atoms with Crippen LogP contribution in [0.25, 0.3) is 0 Å². The minimum Gasteiger partial charge on any atom is -0.387 e. The molecule has 0 spiro atoms. The molecule has 1 rings (SSSR count). The van der Waals surface area contributed by atoms with E-state index in [0.29, 0.717) is 0 Å². The van der Waals surface area contributed by atoms with E-state index in [0.717, 1.165) is 0 Å². The van der Waals surface area contributed by atoms with Crippen molar-refractivity contribution in [1.82, 2.24) is 10.2 Å². The molecule has 0 aliphatic rings. The van der Waals surface area contributed by atoms with Crippen molar-refractivity contribution >= 4 is 5.82 Å². The molecular formula is C5H7N3O3. The Balaban J connectivity index is 2.90. The highest BCUT2D eigenvalue weighted by atomic mass is 16.6. The largest absolute Gasteiger partial charge is 0.387 e. The van der Waals surface area contributed by atoms with E-state index in [4.69, 9.17) is 5.11 Å². The zero-order valence-electron chi connectivity index (χ0n) is 5.81. The van der Waals surface area contributed by atoms with Gasteiger partial charge >= 0.3 is 5.82 Å². The fourth-order valence-electron chi connectivity index (χ4n) is 0.634. The van der Waals surface area contributed by atoms with Crippen LogP contribution in [0, 0.1) is 10.1 Å². The Morgan fingerprint density at radius 2 is 2.55 bits per heavy atom. The summed E-state index contributed by atoms with van der Waals surface area (Å²) in [5.41, 5.74) is 0.275. The maximum Gasteiger partial charge on any atom is 0.342 e. The van der Waals surface area contributed by atoms with Crippen molar-refractivity contribution in [3.8, 4) is 0 Å². The molecule has 0 aliphatic carbocycles. The molecule has 1 aromatic rings. The quantitative estimate of drug-likeness (QED) is 0.479. The normalized spacial score (nSPS) is 12.9. The second kappa shape index (κ2) is 2.67. The molecule has 0 amide bonds. The molecule has 0 aromatic carbocycles. The Morgan fingerprint density at radius 3 is 2.82 bits per heavy atom. The molecule has 1 aromatic heterocycles. The van der Waals surface area contributed by atoms with Crippen molar-refractivity contribution in [1.29, 1.82) is 0 Å². The van der Waals surface area contributed by atoms with E-state index in [-0.39, 0.29) is 11.5 Å². The van der Waals surface area contributed by atoms with E-state index < -0.39 is 11.0 Å². The summed E-state index contributed by atoms with van der Waals surface area (Å²) < 4.78 is 0. The van der Waals surface area contributed by atoms with Crippen molar-refractivity contribution in [2.75, 3.05) is 0 Å². The minimum absolute atomic E-state index is 0.207. The van der Waals surface area contributed by atoms with Gasteiger partial charge in [0.15, 0.2) is 0 Å². The number of aliphatic hydroxyl groups is 1. The van der Waals surface area contributed by atoms with Crippen LogP contribution in [0.5, 0.6) is 0 Å². The standard InChI is InChI=1S/C5H7N3O3/c1-3(9)4-2-5(7-6-4)8(10)11/h2-3,9H,1H3,(H,6,7)/t3-/m0/s1. The van der Waals surface area contributed by atoms with Crippen LogP contribution in [0.1, 0.15) is 18.7 Å². The zero-order chi connectivity index (χ0) is 8.43. The Kier molecular flexibility index (Phi) is 1.86. The number of hydrogen-bond donors (Lipinski definition) is 2. The van der Waals surface area contributed by atoms with Gasteiger partial charge in [0.2, 0.25) is 0 Å². The van der Waals surface area contributed by atoms with Gasteiger partial charge in [-0.15, -0.1) is 5.10 Å². The Hall–Kier alpha value is -1.43. The van der Waals surface area contributed by atoms with Crippen LogP contribution < -0.4 is 0 Å². The van der Waals surface area contributed by atoms with Crippen LogP contribution in [0.3, 0.4) is 0 Å². The Bertz CT molecular complexity index is 268. The van der Waals surface area contributed by atoms with Gasteiger partial charge in [-0.3, -0.25) is 0 Å². The number of aliphatic hydroxyl groups excluding tert-OH is 1. The number of aromatic nitrogens is 2. The number of nitro groups is 1. The molecule has 0 unspecified atom stereocenters. The number of nitrogens with zero attached hydrogens (tertiary/aromatic N) is 2. The van der Waals surface area contributed by atoms with Gasteiger partial charge in [0.05, 0.1) is 12.2 Å². The van der Waals surface area contributed by atoms with Gasteiger partial charge in [0.1, 0.15) is 5.69 Å². The second-order valence-electron chi connectivity index (χ2n) is 2.11. The van der Waals surface area contributed by atoms with E-state index >= 15 is 0 Å². The average Bonchev–Trinajstić information content (AvgIpc) is 2.33. The fourth-order valence-corrected chi connectivity index (χ4v) is 0.634. The van der Waals surface area contributed by atoms with Crippen LogP contribution in [0.15, 0.2) is 6.07 Å². The molecule has 0 aliphatic heterocycles. The lowest BCUT2D eigenvalue weighted by Gasteiger charge is -1.92. The molecule has 0 saturated heterocycles. The van der Waals surface area contributed by atoms with Gasteiger partial charge in [-0.2, -0.15) is 0 Å². The lowest BCUT2D eigenvalue weighted by atomic mass is 10.3. The summed E-state index contributed by atoms with van der Waals surface area (Å²) in [6.07, 6.45) is -0.778. The van der Waals surface area contributed by atoms with Crippen LogP contribution in [0.4, 0.5) is 5.82 Å². The summed E-state index contributed by atoms with van der Waals surface area (Å²) in [6.45, 7) is 1.49. The molecule has 0 bridgehead atoms. The van der Waals surface area contributed by atoms with Crippen molar-refractivity contribution in [3.05, 3.63) is 21.9 Å². The molecule has 1 atom stereocenters. The maximum absolute atomic E-state index is 10.1. The Morgan fingerprint density at radius 1 is 1.91 bits per heavy atom. The topological polar surface area (TPSA) is 92.0 Å². The van der Waals surface area contributed by atoms with E-state index in [1.54, 1.807) is 0 Å². The molecule has 0 saturated carbocycles. The third-order valence-electron chi connectivity index (χ3n) is 1.21. The van der Waals surface area contributed by atoms with Crippen molar-refractivity contribution in [2.45, 2.75) is 13.0 Å². The van der Waals surface area contributed by atoms with Gasteiger partial charge in [-0.1, -0.05) is 5.10 Å². The third-order valence-corrected chi connectivity index (χ3v) is 1.21. The highest BCUT2D eigenvalue weighted by Gasteiger charge is 2.12. The highest BCUT2D eigenvalue weighted by Crippen LogP contribution is 2.13. The first-order valence-electron chi connectivity index (χ1n) is 2.99. The highest BCUT2D eigenvalue weighted by molar-refractivity contribution is 5.21. The van der Waals surface area contributed by atoms with E-state index in [2.05, 4.69) is 10.2 Å². The van der Waals surface area contributed by atoms with Crippen molar-refractivity contribution in [2.24, 2.45) is 0 Å². The van der Waals surface area contributed by atoms with Crippen molar-refractivity contribution < 1.29 is 10.0 Å². The Labute approximate surface area is 62.0 Å². The molecule has 2 N–H and O–H groups in total. The van der Waals surface area contributed by atoms with Crippen LogP contribution in [0.2, 0.25) is 0 Å². The summed E-state index contributed by atoms with van der Waals surface area (Å²) in [7, 11) is 0. The minimum atomic E-state index is -0.778. The van der Waals surface area contributed by atoms with Gasteiger partial charge in [0, 0.05) is 0 Å². The number of nitrogens with one attached hydrogen (secondary N) is 1. The smallest absolute Gasteiger partial charge is 0.342 e. The summed E-state index contributed by atoms with van der Waals surface area (Å²) in [5.74, 6) is -0.207. The number of aromatic amines is 1. The van der Waals surface area contributed by atoms with Gasteiger partial charge in [-0.05, 0) is 11.8 Å². The fraction of sp³-hybridized carbons (Fsp3) is 0.400. The average molecular weight is 157 g/mol. The monoisotopic (exact) mass is 157 g/mol. The van der Waals surface area contributed by atoms with Crippen LogP contribution in [-0.4, -0.2) is 20.2 Å². The molecule has 11 heavy (non-hydrogen) atoms. The second-order valence-corrected chi connectivity index (χ2v) is 2.11. The first-order chi connectivity index (χ1) is 5.11. The lowest BCUT2D eigenvalue weighted by molar-refractivity contribution is -0.389. The number of rotatable bonds is 2. The molecule has 1 heterocycles.